The van der Waals surface area contributed by atoms with Gasteiger partial charge in [0.15, 0.2) is 5.75 Å². The molecule has 0 unspecified atom stereocenters. The van der Waals surface area contributed by atoms with Gasteiger partial charge in [0, 0.05) is 28.4 Å². The van der Waals surface area contributed by atoms with Gasteiger partial charge in [0.2, 0.25) is 5.78 Å². The number of H-pyrrole nitrogens is 1. The Kier molecular flexibility index (Phi) is 3.50. The van der Waals surface area contributed by atoms with Gasteiger partial charge in [-0.1, -0.05) is 0 Å². The summed E-state index contributed by atoms with van der Waals surface area (Å²) in [6.45, 7) is 0. The maximum absolute atomic E-state index is 12.6. The third kappa shape index (κ3) is 2.40. The van der Waals surface area contributed by atoms with Crippen molar-refractivity contribution < 1.29 is 14.6 Å². The van der Waals surface area contributed by atoms with E-state index in [0.717, 1.165) is 6.21 Å². The number of nitrogens with one attached hydrogen (secondary N) is 2. The van der Waals surface area contributed by atoms with E-state index in [2.05, 4.69) is 4.98 Å². The van der Waals surface area contributed by atoms with Gasteiger partial charge in [-0.3, -0.25) is 4.79 Å². The number of aromatic nitrogens is 1. The van der Waals surface area contributed by atoms with Crippen LogP contribution >= 0.6 is 0 Å². The molecule has 6 heteroatoms. The number of carbonyl (C=O) groups is 1. The second-order valence-electron chi connectivity index (χ2n) is 5.08. The molecule has 0 fully saturated rings. The summed E-state index contributed by atoms with van der Waals surface area (Å²) in [4.78, 5) is 15.6. The highest BCUT2D eigenvalue weighted by atomic mass is 16.5. The number of ketones is 1. The van der Waals surface area contributed by atoms with Gasteiger partial charge in [-0.05, 0) is 36.4 Å². The number of fused-ring (bicyclic) bond motifs is 1. The molecule has 0 saturated carbocycles. The van der Waals surface area contributed by atoms with Crippen LogP contribution in [0.25, 0.3) is 10.9 Å². The lowest BCUT2D eigenvalue weighted by atomic mass is 10.0. The number of ether oxygens (including phenoxy) is 1. The summed E-state index contributed by atoms with van der Waals surface area (Å²) in [5.74, 6) is 0.0854. The topological polar surface area (TPSA) is 112 Å². The minimum Gasteiger partial charge on any atom is -0.505 e. The molecule has 6 nitrogen and oxygen atoms in total. The van der Waals surface area contributed by atoms with Crippen molar-refractivity contribution in [2.45, 2.75) is 0 Å². The Labute approximate surface area is 132 Å². The highest BCUT2D eigenvalue weighted by Crippen LogP contribution is 2.33. The van der Waals surface area contributed by atoms with Crippen LogP contribution < -0.4 is 10.5 Å². The molecular weight excluding hydrogens is 294 g/mol. The molecule has 1 aromatic heterocycles. The molecule has 23 heavy (non-hydrogen) atoms. The van der Waals surface area contributed by atoms with Crippen LogP contribution in [0.1, 0.15) is 21.6 Å². The Hall–Kier alpha value is -3.28. The van der Waals surface area contributed by atoms with Crippen LogP contribution in [0.4, 0.5) is 5.69 Å². The molecule has 0 aliphatic heterocycles. The summed E-state index contributed by atoms with van der Waals surface area (Å²) in [5, 5.41) is 18.2. The Morgan fingerprint density at radius 1 is 1.30 bits per heavy atom. The van der Waals surface area contributed by atoms with Crippen LogP contribution in [0.3, 0.4) is 0 Å². The number of nitrogens with two attached hydrogens (primary N) is 1. The van der Waals surface area contributed by atoms with Gasteiger partial charge >= 0.3 is 0 Å². The van der Waals surface area contributed by atoms with Crippen molar-refractivity contribution in [1.82, 2.24) is 4.98 Å². The van der Waals surface area contributed by atoms with Crippen LogP contribution in [0, 0.1) is 5.41 Å². The summed E-state index contributed by atoms with van der Waals surface area (Å²) in [7, 11) is 1.53. The number of benzene rings is 2. The van der Waals surface area contributed by atoms with Gasteiger partial charge in [0.05, 0.1) is 12.6 Å². The maximum atomic E-state index is 12.6. The largest absolute Gasteiger partial charge is 0.505 e. The van der Waals surface area contributed by atoms with Gasteiger partial charge in [0.25, 0.3) is 0 Å². The van der Waals surface area contributed by atoms with Gasteiger partial charge in [0.1, 0.15) is 11.4 Å². The predicted molar refractivity (Wildman–Crippen MR) is 88.7 cm³/mol. The Balaban J connectivity index is 2.11. The molecule has 3 aromatic rings. The van der Waals surface area contributed by atoms with Gasteiger partial charge < -0.3 is 26.0 Å². The highest BCUT2D eigenvalue weighted by Gasteiger charge is 2.19. The van der Waals surface area contributed by atoms with Crippen molar-refractivity contribution in [2.75, 3.05) is 12.8 Å². The molecule has 0 aliphatic carbocycles. The van der Waals surface area contributed by atoms with Crippen LogP contribution in [0.15, 0.2) is 36.4 Å². The van der Waals surface area contributed by atoms with Crippen LogP contribution in [0.5, 0.6) is 11.5 Å². The number of anilines is 1. The zero-order valence-corrected chi connectivity index (χ0v) is 12.4. The normalized spacial score (nSPS) is 10.7. The standard InChI is InChI=1S/C17H15N3O3/c1-23-11-3-5-14-12(7-11)17(22)15(20-14)16(21)9-2-4-13(19)10(6-9)8-18/h2-8,18,20,22H,19H2,1H3. The molecule has 1 heterocycles. The van der Waals surface area contributed by atoms with Crippen molar-refractivity contribution in [3.8, 4) is 11.5 Å². The number of nitrogen functional groups attached to an aromatic ring is 1. The number of methoxy groups -OCH3 is 1. The molecule has 0 saturated heterocycles. The summed E-state index contributed by atoms with van der Waals surface area (Å²) in [5.41, 5.74) is 7.66. The maximum Gasteiger partial charge on any atom is 0.213 e. The molecule has 3 rings (SSSR count). The minimum atomic E-state index is -0.374. The SMILES string of the molecule is COc1ccc2[nH]c(C(=O)c3ccc(N)c(C=N)c3)c(O)c2c1. The van der Waals surface area contributed by atoms with E-state index in [9.17, 15) is 9.90 Å². The first-order chi connectivity index (χ1) is 11.0. The molecule has 0 amide bonds. The van der Waals surface area contributed by atoms with E-state index in [4.69, 9.17) is 15.9 Å². The smallest absolute Gasteiger partial charge is 0.213 e. The summed E-state index contributed by atoms with van der Waals surface area (Å²) < 4.78 is 5.13. The van der Waals surface area contributed by atoms with E-state index in [-0.39, 0.29) is 17.2 Å². The van der Waals surface area contributed by atoms with Gasteiger partial charge in [-0.25, -0.2) is 0 Å². The van der Waals surface area contributed by atoms with E-state index in [1.807, 2.05) is 0 Å². The van der Waals surface area contributed by atoms with E-state index >= 15 is 0 Å². The van der Waals surface area contributed by atoms with Crippen LogP contribution in [-0.2, 0) is 0 Å². The molecular formula is C17H15N3O3. The molecule has 116 valence electrons. The summed E-state index contributed by atoms with van der Waals surface area (Å²) in [6, 6.07) is 9.78. The Bertz CT molecular complexity index is 928. The van der Waals surface area contributed by atoms with E-state index in [1.165, 1.54) is 13.2 Å². The lowest BCUT2D eigenvalue weighted by molar-refractivity contribution is 0.103. The Morgan fingerprint density at radius 2 is 2.09 bits per heavy atom. The number of aromatic amines is 1. The van der Waals surface area contributed by atoms with Crippen molar-refractivity contribution >= 4 is 28.6 Å². The highest BCUT2D eigenvalue weighted by molar-refractivity contribution is 6.14. The van der Waals surface area contributed by atoms with Crippen molar-refractivity contribution in [1.29, 1.82) is 5.41 Å². The van der Waals surface area contributed by atoms with Crippen LogP contribution in [-0.4, -0.2) is 29.2 Å². The first-order valence-electron chi connectivity index (χ1n) is 6.88. The van der Waals surface area contributed by atoms with Gasteiger partial charge in [-0.15, -0.1) is 0 Å². The fourth-order valence-corrected chi connectivity index (χ4v) is 2.43. The van der Waals surface area contributed by atoms with E-state index in [0.29, 0.717) is 33.5 Å². The lowest BCUT2D eigenvalue weighted by Gasteiger charge is -2.04. The average Bonchev–Trinajstić information content (AvgIpc) is 2.91. The number of rotatable bonds is 4. The van der Waals surface area contributed by atoms with E-state index in [1.54, 1.807) is 30.3 Å². The minimum absolute atomic E-state index is 0.0916. The molecule has 2 aromatic carbocycles. The summed E-state index contributed by atoms with van der Waals surface area (Å²) in [6.07, 6.45) is 1.09. The fourth-order valence-electron chi connectivity index (χ4n) is 2.43. The second-order valence-corrected chi connectivity index (χ2v) is 5.08. The number of hydrogen-bond donors (Lipinski definition) is 4. The molecule has 0 aliphatic rings. The van der Waals surface area contributed by atoms with Crippen molar-refractivity contribution in [3.05, 3.63) is 53.2 Å². The quantitative estimate of drug-likeness (QED) is 0.337. The number of aromatic hydroxyl groups is 1. The molecule has 0 spiro atoms. The predicted octanol–water partition coefficient (Wildman–Crippen LogP) is 2.69. The fraction of sp³-hybridized carbons (Fsp3) is 0.0588. The molecule has 0 atom stereocenters. The first kappa shape index (κ1) is 14.6. The first-order valence-corrected chi connectivity index (χ1v) is 6.88. The Morgan fingerprint density at radius 3 is 2.78 bits per heavy atom. The summed E-state index contributed by atoms with van der Waals surface area (Å²) >= 11 is 0. The van der Waals surface area contributed by atoms with Crippen LogP contribution in [0.2, 0.25) is 0 Å². The zero-order chi connectivity index (χ0) is 16.6. The second kappa shape index (κ2) is 5.49. The number of hydrogen-bond acceptors (Lipinski definition) is 5. The van der Waals surface area contributed by atoms with Crippen molar-refractivity contribution in [3.63, 3.8) is 0 Å². The molecule has 0 radical (unpaired) electrons. The molecule has 0 bridgehead atoms. The molecule has 5 N–H and O–H groups in total. The zero-order valence-electron chi connectivity index (χ0n) is 12.4. The third-order valence-corrected chi connectivity index (χ3v) is 3.71. The number of carbonyl (C=O) groups excluding carboxylic acids is 1. The van der Waals surface area contributed by atoms with E-state index < -0.39 is 0 Å². The van der Waals surface area contributed by atoms with Gasteiger partial charge in [-0.2, -0.15) is 0 Å². The average molecular weight is 309 g/mol. The van der Waals surface area contributed by atoms with Crippen molar-refractivity contribution in [2.24, 2.45) is 0 Å². The monoisotopic (exact) mass is 309 g/mol. The lowest BCUT2D eigenvalue weighted by Crippen LogP contribution is -2.04. The third-order valence-electron chi connectivity index (χ3n) is 3.71.